The molecule has 2 rings (SSSR count). The average molecular weight is 317 g/mol. The maximum atomic E-state index is 13.1. The average Bonchev–Trinajstić information content (AvgIpc) is 2.46. The molecule has 0 radical (unpaired) electrons. The van der Waals surface area contributed by atoms with Crippen LogP contribution in [0, 0.1) is 11.2 Å². The van der Waals surface area contributed by atoms with Gasteiger partial charge in [0.05, 0.1) is 6.61 Å². The summed E-state index contributed by atoms with van der Waals surface area (Å²) < 4.78 is 18.4. The van der Waals surface area contributed by atoms with Crippen molar-refractivity contribution < 1.29 is 13.9 Å². The summed E-state index contributed by atoms with van der Waals surface area (Å²) in [6, 6.07) is 5.74. The molecule has 118 valence electrons. The van der Waals surface area contributed by atoms with Crippen LogP contribution in [-0.4, -0.2) is 39.3 Å². The van der Waals surface area contributed by atoms with Gasteiger partial charge in [-0.1, -0.05) is 6.07 Å². The lowest BCUT2D eigenvalue weighted by molar-refractivity contribution is 0.0511. The number of hydrogen-bond acceptors (Lipinski definition) is 3. The van der Waals surface area contributed by atoms with Crippen LogP contribution in [0.25, 0.3) is 0 Å². The fourth-order valence-corrected chi connectivity index (χ4v) is 2.63. The monoisotopic (exact) mass is 316 g/mol. The first-order chi connectivity index (χ1) is 9.65. The van der Waals surface area contributed by atoms with Crippen molar-refractivity contribution in [2.75, 3.05) is 33.4 Å². The van der Waals surface area contributed by atoms with E-state index in [1.165, 1.54) is 12.1 Å². The summed E-state index contributed by atoms with van der Waals surface area (Å²) in [7, 11) is 1.68. The highest BCUT2D eigenvalue weighted by atomic mass is 35.5. The van der Waals surface area contributed by atoms with Gasteiger partial charge in [-0.25, -0.2) is 4.39 Å². The van der Waals surface area contributed by atoms with E-state index < -0.39 is 5.82 Å². The van der Waals surface area contributed by atoms with Gasteiger partial charge in [-0.3, -0.25) is 4.79 Å². The minimum atomic E-state index is -0.397. The first-order valence-corrected chi connectivity index (χ1v) is 6.89. The van der Waals surface area contributed by atoms with Gasteiger partial charge in [0.1, 0.15) is 5.82 Å². The molecule has 1 aliphatic heterocycles. The number of amides is 1. The Hall–Kier alpha value is -1.17. The van der Waals surface area contributed by atoms with Crippen molar-refractivity contribution in [2.45, 2.75) is 12.8 Å². The highest BCUT2D eigenvalue weighted by molar-refractivity contribution is 5.94. The number of piperidine rings is 1. The number of hydrogen-bond donors (Lipinski definition) is 2. The van der Waals surface area contributed by atoms with Crippen LogP contribution in [0.5, 0.6) is 0 Å². The van der Waals surface area contributed by atoms with Gasteiger partial charge in [0.2, 0.25) is 0 Å². The number of benzene rings is 1. The van der Waals surface area contributed by atoms with Gasteiger partial charge in [-0.15, -0.1) is 12.4 Å². The summed E-state index contributed by atoms with van der Waals surface area (Å²) in [4.78, 5) is 12.1. The lowest BCUT2D eigenvalue weighted by atomic mass is 9.79. The number of methoxy groups -OCH3 is 1. The Labute approximate surface area is 130 Å². The van der Waals surface area contributed by atoms with E-state index in [2.05, 4.69) is 10.6 Å². The zero-order valence-corrected chi connectivity index (χ0v) is 13.0. The van der Waals surface area contributed by atoms with E-state index in [0.29, 0.717) is 18.7 Å². The number of nitrogens with one attached hydrogen (secondary N) is 2. The molecule has 1 aliphatic rings. The predicted molar refractivity (Wildman–Crippen MR) is 82.4 cm³/mol. The molecule has 1 amide bonds. The molecule has 0 unspecified atom stereocenters. The van der Waals surface area contributed by atoms with Crippen molar-refractivity contribution in [3.63, 3.8) is 0 Å². The van der Waals surface area contributed by atoms with Crippen molar-refractivity contribution in [3.8, 4) is 0 Å². The molecule has 1 aromatic rings. The Kier molecular flexibility index (Phi) is 7.08. The van der Waals surface area contributed by atoms with Gasteiger partial charge in [0.25, 0.3) is 5.91 Å². The van der Waals surface area contributed by atoms with E-state index in [-0.39, 0.29) is 23.7 Å². The molecule has 0 saturated carbocycles. The molecule has 21 heavy (non-hydrogen) atoms. The van der Waals surface area contributed by atoms with Gasteiger partial charge in [-0.2, -0.15) is 0 Å². The van der Waals surface area contributed by atoms with Crippen LogP contribution in [0.4, 0.5) is 4.39 Å². The fourth-order valence-electron chi connectivity index (χ4n) is 2.63. The second kappa shape index (κ2) is 8.32. The van der Waals surface area contributed by atoms with Crippen molar-refractivity contribution in [1.29, 1.82) is 0 Å². The smallest absolute Gasteiger partial charge is 0.251 e. The molecular formula is C15H22ClFN2O2. The largest absolute Gasteiger partial charge is 0.384 e. The molecule has 0 aromatic heterocycles. The summed E-state index contributed by atoms with van der Waals surface area (Å²) in [6.07, 6.45) is 1.93. The van der Waals surface area contributed by atoms with E-state index in [1.807, 2.05) is 0 Å². The van der Waals surface area contributed by atoms with Crippen molar-refractivity contribution in [3.05, 3.63) is 35.6 Å². The standard InChI is InChI=1S/C15H21FN2O2.ClH/c1-20-11-15(5-7-17-8-6-15)10-18-14(19)12-3-2-4-13(16)9-12;/h2-4,9,17H,5-8,10-11H2,1H3,(H,18,19);1H. The molecular weight excluding hydrogens is 295 g/mol. The van der Waals surface area contributed by atoms with Crippen LogP contribution >= 0.6 is 12.4 Å². The first-order valence-electron chi connectivity index (χ1n) is 6.89. The third kappa shape index (κ3) is 4.95. The molecule has 0 aliphatic carbocycles. The molecule has 0 spiro atoms. The molecule has 1 fully saturated rings. The Bertz CT molecular complexity index is 459. The quantitative estimate of drug-likeness (QED) is 0.873. The van der Waals surface area contributed by atoms with Gasteiger partial charge in [-0.05, 0) is 44.1 Å². The second-order valence-electron chi connectivity index (χ2n) is 5.38. The second-order valence-corrected chi connectivity index (χ2v) is 5.38. The molecule has 1 heterocycles. The third-order valence-corrected chi connectivity index (χ3v) is 3.83. The third-order valence-electron chi connectivity index (χ3n) is 3.83. The van der Waals surface area contributed by atoms with Crippen LogP contribution in [0.3, 0.4) is 0 Å². The van der Waals surface area contributed by atoms with E-state index in [1.54, 1.807) is 19.2 Å². The van der Waals surface area contributed by atoms with E-state index in [0.717, 1.165) is 25.9 Å². The minimum Gasteiger partial charge on any atom is -0.384 e. The summed E-state index contributed by atoms with van der Waals surface area (Å²) in [5.41, 5.74) is 0.328. The van der Waals surface area contributed by atoms with E-state index in [9.17, 15) is 9.18 Å². The van der Waals surface area contributed by atoms with Crippen LogP contribution in [0.2, 0.25) is 0 Å². The Morgan fingerprint density at radius 3 is 2.76 bits per heavy atom. The lowest BCUT2D eigenvalue weighted by Crippen LogP contribution is -2.47. The number of ether oxygens (including phenoxy) is 1. The zero-order valence-electron chi connectivity index (χ0n) is 12.2. The highest BCUT2D eigenvalue weighted by Crippen LogP contribution is 2.28. The van der Waals surface area contributed by atoms with Crippen molar-refractivity contribution in [1.82, 2.24) is 10.6 Å². The number of rotatable bonds is 5. The maximum Gasteiger partial charge on any atom is 0.251 e. The van der Waals surface area contributed by atoms with Gasteiger partial charge in [0.15, 0.2) is 0 Å². The van der Waals surface area contributed by atoms with Crippen LogP contribution in [-0.2, 0) is 4.74 Å². The molecule has 0 bridgehead atoms. The summed E-state index contributed by atoms with van der Waals surface area (Å²) in [5.74, 6) is -0.635. The zero-order chi connectivity index (χ0) is 14.4. The van der Waals surface area contributed by atoms with E-state index in [4.69, 9.17) is 4.74 Å². The number of carbonyl (C=O) groups is 1. The molecule has 1 saturated heterocycles. The van der Waals surface area contributed by atoms with Crippen LogP contribution < -0.4 is 10.6 Å². The highest BCUT2D eigenvalue weighted by Gasteiger charge is 2.32. The predicted octanol–water partition coefficient (Wildman–Crippen LogP) is 1.99. The molecule has 2 N–H and O–H groups in total. The fraction of sp³-hybridized carbons (Fsp3) is 0.533. The van der Waals surface area contributed by atoms with Crippen LogP contribution in [0.15, 0.2) is 24.3 Å². The van der Waals surface area contributed by atoms with Crippen molar-refractivity contribution in [2.24, 2.45) is 5.41 Å². The Morgan fingerprint density at radius 1 is 1.43 bits per heavy atom. The SMILES string of the molecule is COCC1(CNC(=O)c2cccc(F)c2)CCNCC1.Cl. The van der Waals surface area contributed by atoms with Gasteiger partial charge in [0, 0.05) is 24.6 Å². The summed E-state index contributed by atoms with van der Waals surface area (Å²) >= 11 is 0. The Balaban J connectivity index is 0.00000220. The molecule has 6 heteroatoms. The summed E-state index contributed by atoms with van der Waals surface area (Å²) in [6.45, 7) is 3.04. The Morgan fingerprint density at radius 2 is 2.14 bits per heavy atom. The summed E-state index contributed by atoms with van der Waals surface area (Å²) in [5, 5.41) is 6.21. The maximum absolute atomic E-state index is 13.1. The normalized spacial score (nSPS) is 16.9. The van der Waals surface area contributed by atoms with Gasteiger partial charge >= 0.3 is 0 Å². The number of carbonyl (C=O) groups excluding carboxylic acids is 1. The topological polar surface area (TPSA) is 50.4 Å². The minimum absolute atomic E-state index is 0. The van der Waals surface area contributed by atoms with E-state index >= 15 is 0 Å². The lowest BCUT2D eigenvalue weighted by Gasteiger charge is -2.37. The molecule has 1 aromatic carbocycles. The first kappa shape index (κ1) is 17.9. The van der Waals surface area contributed by atoms with Crippen LogP contribution in [0.1, 0.15) is 23.2 Å². The molecule has 0 atom stereocenters. The van der Waals surface area contributed by atoms with Gasteiger partial charge < -0.3 is 15.4 Å². The number of halogens is 2. The van der Waals surface area contributed by atoms with Crippen molar-refractivity contribution >= 4 is 18.3 Å². The molecule has 4 nitrogen and oxygen atoms in total.